The van der Waals surface area contributed by atoms with Crippen molar-refractivity contribution in [2.24, 2.45) is 5.73 Å². The third-order valence-corrected chi connectivity index (χ3v) is 2.05. The zero-order valence-electron chi connectivity index (χ0n) is 5.66. The van der Waals surface area contributed by atoms with Crippen LogP contribution in [-0.2, 0) is 0 Å². The molecule has 3 heteroatoms. The summed E-state index contributed by atoms with van der Waals surface area (Å²) in [7, 11) is 0. The molecule has 1 heterocycles. The molecule has 54 valence electrons. The fourth-order valence-corrected chi connectivity index (χ4v) is 1.34. The molecule has 0 atom stereocenters. The molecule has 2 N–H and O–H groups in total. The number of aromatic nitrogens is 1. The highest BCUT2D eigenvalue weighted by Gasteiger charge is 2.28. The highest BCUT2D eigenvalue weighted by atomic mass is 16.5. The van der Waals surface area contributed by atoms with Crippen LogP contribution in [0.15, 0.2) is 16.9 Å². The number of rotatable bonds is 1. The zero-order chi connectivity index (χ0) is 6.97. The Morgan fingerprint density at radius 2 is 2.40 bits per heavy atom. The Bertz CT molecular complexity index is 201. The lowest BCUT2D eigenvalue weighted by Crippen LogP contribution is -2.34. The second-order valence-electron chi connectivity index (χ2n) is 2.85. The largest absolute Gasteiger partial charge is 0.365 e. The summed E-state index contributed by atoms with van der Waals surface area (Å²) in [4.78, 5) is 0. The van der Waals surface area contributed by atoms with Gasteiger partial charge >= 0.3 is 0 Å². The summed E-state index contributed by atoms with van der Waals surface area (Å²) in [6, 6.07) is 2.30. The second-order valence-corrected chi connectivity index (χ2v) is 2.85. The maximum atomic E-state index is 5.62. The molecule has 1 aliphatic rings. The Balaban J connectivity index is 2.04. The van der Waals surface area contributed by atoms with Crippen LogP contribution in [0.2, 0.25) is 0 Å². The van der Waals surface area contributed by atoms with Gasteiger partial charge in [-0.3, -0.25) is 0 Å². The molecule has 1 aromatic heterocycles. The summed E-state index contributed by atoms with van der Waals surface area (Å²) in [5.74, 6) is 0.564. The molecule has 3 nitrogen and oxygen atoms in total. The van der Waals surface area contributed by atoms with E-state index in [-0.39, 0.29) is 0 Å². The van der Waals surface area contributed by atoms with E-state index in [9.17, 15) is 0 Å². The van der Waals surface area contributed by atoms with E-state index < -0.39 is 0 Å². The van der Waals surface area contributed by atoms with Crippen LogP contribution in [0.5, 0.6) is 0 Å². The third-order valence-electron chi connectivity index (χ3n) is 2.05. The normalized spacial score (nSPS) is 31.7. The summed E-state index contributed by atoms with van der Waals surface area (Å²) in [6.45, 7) is 0. The summed E-state index contributed by atoms with van der Waals surface area (Å²) >= 11 is 0. The highest BCUT2D eigenvalue weighted by molar-refractivity contribution is 5.10. The molecule has 0 spiro atoms. The van der Waals surface area contributed by atoms with Crippen molar-refractivity contribution < 1.29 is 4.52 Å². The first-order chi connectivity index (χ1) is 4.86. The van der Waals surface area contributed by atoms with Crippen LogP contribution in [0.3, 0.4) is 0 Å². The summed E-state index contributed by atoms with van der Waals surface area (Å²) in [6.07, 6.45) is 3.73. The molecule has 0 saturated heterocycles. The first-order valence-electron chi connectivity index (χ1n) is 3.52. The van der Waals surface area contributed by atoms with Crippen LogP contribution >= 0.6 is 0 Å². The van der Waals surface area contributed by atoms with E-state index in [1.54, 1.807) is 6.26 Å². The van der Waals surface area contributed by atoms with E-state index in [1.165, 1.54) is 0 Å². The zero-order valence-corrected chi connectivity index (χ0v) is 5.66. The molecule has 1 saturated carbocycles. The first-order valence-corrected chi connectivity index (χ1v) is 3.52. The molecule has 0 bridgehead atoms. The van der Waals surface area contributed by atoms with Crippen LogP contribution in [0.4, 0.5) is 0 Å². The predicted molar refractivity (Wildman–Crippen MR) is 36.5 cm³/mol. The van der Waals surface area contributed by atoms with Gasteiger partial charge in [-0.25, -0.2) is 0 Å². The topological polar surface area (TPSA) is 52.0 Å². The predicted octanol–water partition coefficient (Wildman–Crippen LogP) is 0.879. The van der Waals surface area contributed by atoms with Crippen molar-refractivity contribution in [3.63, 3.8) is 0 Å². The van der Waals surface area contributed by atoms with E-state index in [2.05, 4.69) is 5.16 Å². The smallest absolute Gasteiger partial charge is 0.124 e. The van der Waals surface area contributed by atoms with Crippen LogP contribution in [0.1, 0.15) is 24.5 Å². The number of hydrogen-bond donors (Lipinski definition) is 1. The standard InChI is InChI=1S/C7H10N2O/c8-6-3-5(4-6)7-1-2-10-9-7/h1-2,5-6H,3-4,8H2. The Hall–Kier alpha value is -0.830. The van der Waals surface area contributed by atoms with Gasteiger partial charge in [0.15, 0.2) is 0 Å². The van der Waals surface area contributed by atoms with Crippen molar-refractivity contribution in [1.29, 1.82) is 0 Å². The summed E-state index contributed by atoms with van der Waals surface area (Å²) < 4.78 is 4.72. The maximum Gasteiger partial charge on any atom is 0.124 e. The average molecular weight is 138 g/mol. The molecular weight excluding hydrogens is 128 g/mol. The minimum Gasteiger partial charge on any atom is -0.365 e. The van der Waals surface area contributed by atoms with Crippen LogP contribution < -0.4 is 5.73 Å². The van der Waals surface area contributed by atoms with E-state index >= 15 is 0 Å². The van der Waals surface area contributed by atoms with E-state index in [0.29, 0.717) is 12.0 Å². The van der Waals surface area contributed by atoms with Crippen molar-refractivity contribution in [3.8, 4) is 0 Å². The van der Waals surface area contributed by atoms with Crippen molar-refractivity contribution in [1.82, 2.24) is 5.16 Å². The van der Waals surface area contributed by atoms with Gasteiger partial charge in [-0.05, 0) is 12.8 Å². The minimum atomic E-state index is 0.390. The fraction of sp³-hybridized carbons (Fsp3) is 0.571. The second kappa shape index (κ2) is 2.09. The van der Waals surface area contributed by atoms with Gasteiger partial charge in [0.05, 0.1) is 5.69 Å². The van der Waals surface area contributed by atoms with E-state index in [4.69, 9.17) is 10.3 Å². The van der Waals surface area contributed by atoms with Gasteiger partial charge in [0, 0.05) is 18.0 Å². The van der Waals surface area contributed by atoms with Crippen LogP contribution in [0.25, 0.3) is 0 Å². The lowest BCUT2D eigenvalue weighted by molar-refractivity contribution is 0.324. The minimum absolute atomic E-state index is 0.390. The molecule has 0 radical (unpaired) electrons. The van der Waals surface area contributed by atoms with Gasteiger partial charge < -0.3 is 10.3 Å². The van der Waals surface area contributed by atoms with Crippen LogP contribution in [0, 0.1) is 0 Å². The summed E-state index contributed by atoms with van der Waals surface area (Å²) in [5, 5.41) is 3.84. The van der Waals surface area contributed by atoms with Crippen LogP contribution in [-0.4, -0.2) is 11.2 Å². The number of nitrogens with zero attached hydrogens (tertiary/aromatic N) is 1. The molecule has 0 unspecified atom stereocenters. The Morgan fingerprint density at radius 3 is 2.90 bits per heavy atom. The van der Waals surface area contributed by atoms with Gasteiger partial charge in [0.2, 0.25) is 0 Å². The van der Waals surface area contributed by atoms with Gasteiger partial charge in [-0.15, -0.1) is 0 Å². The van der Waals surface area contributed by atoms with Crippen molar-refractivity contribution >= 4 is 0 Å². The van der Waals surface area contributed by atoms with Crippen molar-refractivity contribution in [2.45, 2.75) is 24.8 Å². The molecule has 1 aliphatic carbocycles. The Kier molecular flexibility index (Phi) is 1.24. The lowest BCUT2D eigenvalue weighted by Gasteiger charge is -2.30. The third kappa shape index (κ3) is 0.827. The maximum absolute atomic E-state index is 5.62. The van der Waals surface area contributed by atoms with Gasteiger partial charge in [-0.1, -0.05) is 5.16 Å². The van der Waals surface area contributed by atoms with E-state index in [1.807, 2.05) is 6.07 Å². The molecule has 1 fully saturated rings. The first kappa shape index (κ1) is 5.92. The van der Waals surface area contributed by atoms with Gasteiger partial charge in [0.25, 0.3) is 0 Å². The Labute approximate surface area is 59.2 Å². The monoisotopic (exact) mass is 138 g/mol. The molecule has 1 aromatic rings. The van der Waals surface area contributed by atoms with Gasteiger partial charge in [-0.2, -0.15) is 0 Å². The quantitative estimate of drug-likeness (QED) is 0.626. The SMILES string of the molecule is NC1CC(c2ccon2)C1. The van der Waals surface area contributed by atoms with Crippen molar-refractivity contribution in [2.75, 3.05) is 0 Å². The molecular formula is C7H10N2O. The number of hydrogen-bond acceptors (Lipinski definition) is 3. The lowest BCUT2D eigenvalue weighted by atomic mass is 9.79. The Morgan fingerprint density at radius 1 is 1.60 bits per heavy atom. The van der Waals surface area contributed by atoms with Crippen molar-refractivity contribution in [3.05, 3.63) is 18.0 Å². The molecule has 0 amide bonds. The molecule has 0 aromatic carbocycles. The summed E-state index contributed by atoms with van der Waals surface area (Å²) in [5.41, 5.74) is 6.67. The molecule has 10 heavy (non-hydrogen) atoms. The number of nitrogens with two attached hydrogens (primary N) is 1. The van der Waals surface area contributed by atoms with E-state index in [0.717, 1.165) is 18.5 Å². The fourth-order valence-electron chi connectivity index (χ4n) is 1.34. The molecule has 0 aliphatic heterocycles. The molecule has 2 rings (SSSR count). The van der Waals surface area contributed by atoms with Gasteiger partial charge in [0.1, 0.15) is 6.26 Å². The average Bonchev–Trinajstić information content (AvgIpc) is 2.31. The highest BCUT2D eigenvalue weighted by Crippen LogP contribution is 2.34.